The zero-order chi connectivity index (χ0) is 31.2. The molecule has 10 heteroatoms. The number of aromatic nitrogens is 1. The second kappa shape index (κ2) is 14.1. The van der Waals surface area contributed by atoms with E-state index >= 15 is 0 Å². The molecular weight excluding hydrogens is 691 g/mol. The topological polar surface area (TPSA) is 88.4 Å². The molecule has 0 spiro atoms. The summed E-state index contributed by atoms with van der Waals surface area (Å²) in [5, 5.41) is 0. The Morgan fingerprint density at radius 3 is 2.48 bits per heavy atom. The van der Waals surface area contributed by atoms with Crippen LogP contribution in [0.15, 0.2) is 94.7 Å². The monoisotopic (exact) mass is 722 g/mol. The summed E-state index contributed by atoms with van der Waals surface area (Å²) in [5.74, 6) is 1.31. The molecule has 0 saturated heterocycles. The third-order valence-corrected chi connectivity index (χ3v) is 8.56. The number of methoxy groups -OCH3 is 1. The molecule has 8 nitrogen and oxygen atoms in total. The standard InChI is InChI=1S/C34H31IN2O6S/c1-5-17-43-31-25(35)18-21(19-26(31)40-4)20-27-32(38)37-30(23-13-15-24(16-14-23)41-6-2)28(33(39)42-7-3)29(36-34(37)44-27)22-11-9-8-10-12-22/h5,8-16,18-20,30H,1,6-7,17H2,2-4H3/b27-20-/t30-/m1/s1. The van der Waals surface area contributed by atoms with Gasteiger partial charge in [0.1, 0.15) is 12.4 Å². The fourth-order valence-corrected chi connectivity index (χ4v) is 6.71. The third-order valence-electron chi connectivity index (χ3n) is 6.78. The zero-order valence-corrected chi connectivity index (χ0v) is 27.5. The Bertz CT molecular complexity index is 1890. The van der Waals surface area contributed by atoms with Gasteiger partial charge in [-0.05, 0) is 77.9 Å². The van der Waals surface area contributed by atoms with E-state index < -0.39 is 12.0 Å². The first-order chi connectivity index (χ1) is 21.4. The van der Waals surface area contributed by atoms with Crippen LogP contribution in [0, 0.1) is 3.57 Å². The number of ether oxygens (including phenoxy) is 4. The van der Waals surface area contributed by atoms with Crippen molar-refractivity contribution in [1.29, 1.82) is 0 Å². The molecule has 0 aliphatic carbocycles. The summed E-state index contributed by atoms with van der Waals surface area (Å²) in [7, 11) is 1.57. The van der Waals surface area contributed by atoms with Gasteiger partial charge in [-0.3, -0.25) is 9.36 Å². The van der Waals surface area contributed by atoms with E-state index in [0.717, 1.165) is 20.3 Å². The quantitative estimate of drug-likeness (QED) is 0.115. The number of carbonyl (C=O) groups excluding carboxylic acids is 1. The van der Waals surface area contributed by atoms with E-state index in [-0.39, 0.29) is 12.2 Å². The average molecular weight is 723 g/mol. The van der Waals surface area contributed by atoms with E-state index in [1.54, 1.807) is 30.8 Å². The molecule has 2 heterocycles. The Morgan fingerprint density at radius 1 is 1.07 bits per heavy atom. The van der Waals surface area contributed by atoms with Gasteiger partial charge in [-0.25, -0.2) is 9.79 Å². The molecular formula is C34H31IN2O6S. The Kier molecular flexibility index (Phi) is 10.0. The number of hydrogen-bond acceptors (Lipinski definition) is 8. The van der Waals surface area contributed by atoms with E-state index in [1.807, 2.05) is 73.7 Å². The lowest BCUT2D eigenvalue weighted by Gasteiger charge is -2.26. The van der Waals surface area contributed by atoms with Gasteiger partial charge in [0.05, 0.1) is 45.7 Å². The second-order valence-electron chi connectivity index (χ2n) is 9.57. The highest BCUT2D eigenvalue weighted by atomic mass is 127. The van der Waals surface area contributed by atoms with Gasteiger partial charge in [0.25, 0.3) is 5.56 Å². The number of benzene rings is 3. The number of halogens is 1. The Balaban J connectivity index is 1.75. The minimum Gasteiger partial charge on any atom is -0.494 e. The lowest BCUT2D eigenvalue weighted by atomic mass is 9.93. The molecule has 0 N–H and O–H groups in total. The smallest absolute Gasteiger partial charge is 0.338 e. The average Bonchev–Trinajstić information content (AvgIpc) is 3.34. The predicted molar refractivity (Wildman–Crippen MR) is 180 cm³/mol. The van der Waals surface area contributed by atoms with Gasteiger partial charge in [-0.2, -0.15) is 0 Å². The van der Waals surface area contributed by atoms with Crippen molar-refractivity contribution in [2.45, 2.75) is 19.9 Å². The number of esters is 1. The Hall–Kier alpha value is -4.16. The molecule has 1 atom stereocenters. The first-order valence-corrected chi connectivity index (χ1v) is 15.9. The summed E-state index contributed by atoms with van der Waals surface area (Å²) < 4.78 is 25.4. The van der Waals surface area contributed by atoms with Crippen molar-refractivity contribution in [2.75, 3.05) is 26.9 Å². The van der Waals surface area contributed by atoms with Crippen LogP contribution in [0.2, 0.25) is 0 Å². The maximum Gasteiger partial charge on any atom is 0.338 e. The van der Waals surface area contributed by atoms with Crippen LogP contribution in [0.5, 0.6) is 17.2 Å². The van der Waals surface area contributed by atoms with E-state index in [2.05, 4.69) is 29.2 Å². The maximum absolute atomic E-state index is 14.2. The maximum atomic E-state index is 14.2. The molecule has 3 aromatic carbocycles. The largest absolute Gasteiger partial charge is 0.494 e. The second-order valence-corrected chi connectivity index (χ2v) is 11.7. The number of hydrogen-bond donors (Lipinski definition) is 0. The van der Waals surface area contributed by atoms with E-state index in [9.17, 15) is 9.59 Å². The number of rotatable bonds is 11. The summed E-state index contributed by atoms with van der Waals surface area (Å²) in [6, 6.07) is 19.8. The number of fused-ring (bicyclic) bond motifs is 1. The van der Waals surface area contributed by atoms with Gasteiger partial charge in [-0.15, -0.1) is 0 Å². The van der Waals surface area contributed by atoms with Crippen LogP contribution >= 0.6 is 33.9 Å². The highest BCUT2D eigenvalue weighted by Gasteiger charge is 2.35. The highest BCUT2D eigenvalue weighted by molar-refractivity contribution is 14.1. The van der Waals surface area contributed by atoms with Crippen LogP contribution in [0.3, 0.4) is 0 Å². The predicted octanol–water partition coefficient (Wildman–Crippen LogP) is 5.51. The summed E-state index contributed by atoms with van der Waals surface area (Å²) in [5.41, 5.74) is 2.72. The van der Waals surface area contributed by atoms with Gasteiger partial charge in [0.15, 0.2) is 16.3 Å². The molecule has 44 heavy (non-hydrogen) atoms. The summed E-state index contributed by atoms with van der Waals surface area (Å²) >= 11 is 3.44. The third kappa shape index (κ3) is 6.36. The van der Waals surface area contributed by atoms with E-state index in [1.165, 1.54) is 11.3 Å². The van der Waals surface area contributed by atoms with Crippen molar-refractivity contribution in [3.8, 4) is 17.2 Å². The number of thiazole rings is 1. The number of carbonyl (C=O) groups is 1. The van der Waals surface area contributed by atoms with Gasteiger partial charge in [0.2, 0.25) is 0 Å². The van der Waals surface area contributed by atoms with Crippen LogP contribution in [0.25, 0.3) is 11.8 Å². The molecule has 0 fully saturated rings. The number of nitrogens with zero attached hydrogens (tertiary/aromatic N) is 2. The summed E-state index contributed by atoms with van der Waals surface area (Å²) in [4.78, 5) is 33.2. The minimum absolute atomic E-state index is 0.178. The molecule has 4 aromatic rings. The van der Waals surface area contributed by atoms with Crippen molar-refractivity contribution in [1.82, 2.24) is 4.57 Å². The molecule has 1 aliphatic rings. The molecule has 1 aliphatic heterocycles. The molecule has 0 radical (unpaired) electrons. The van der Waals surface area contributed by atoms with Crippen molar-refractivity contribution < 1.29 is 23.7 Å². The lowest BCUT2D eigenvalue weighted by molar-refractivity contribution is -0.138. The fourth-order valence-electron chi connectivity index (χ4n) is 4.93. The van der Waals surface area contributed by atoms with Crippen molar-refractivity contribution in [2.24, 2.45) is 4.99 Å². The molecule has 5 rings (SSSR count). The van der Waals surface area contributed by atoms with E-state index in [0.29, 0.717) is 51.1 Å². The van der Waals surface area contributed by atoms with Crippen molar-refractivity contribution in [3.05, 3.63) is 125 Å². The molecule has 0 bridgehead atoms. The molecule has 1 aromatic heterocycles. The Labute approximate surface area is 272 Å². The minimum atomic E-state index is -0.775. The molecule has 226 valence electrons. The van der Waals surface area contributed by atoms with Crippen LogP contribution < -0.4 is 29.1 Å². The molecule has 0 amide bonds. The molecule has 0 unspecified atom stereocenters. The molecule has 0 saturated carbocycles. The first kappa shape index (κ1) is 31.3. The van der Waals surface area contributed by atoms with Gasteiger partial charge < -0.3 is 18.9 Å². The summed E-state index contributed by atoms with van der Waals surface area (Å²) in [6.07, 6.45) is 3.47. The van der Waals surface area contributed by atoms with Crippen LogP contribution in [-0.2, 0) is 9.53 Å². The van der Waals surface area contributed by atoms with E-state index in [4.69, 9.17) is 23.9 Å². The Morgan fingerprint density at radius 2 is 1.82 bits per heavy atom. The normalized spacial score (nSPS) is 14.5. The van der Waals surface area contributed by atoms with Crippen molar-refractivity contribution >= 4 is 51.7 Å². The highest BCUT2D eigenvalue weighted by Crippen LogP contribution is 2.36. The SMILES string of the molecule is C=CCOc1c(I)cc(/C=c2\sc3n(c2=O)[C@H](c2ccc(OCC)cc2)C(C(=O)OCC)=C(c2ccccc2)N=3)cc1OC. The van der Waals surface area contributed by atoms with Crippen molar-refractivity contribution in [3.63, 3.8) is 0 Å². The zero-order valence-electron chi connectivity index (χ0n) is 24.5. The first-order valence-electron chi connectivity index (χ1n) is 14.0. The van der Waals surface area contributed by atoms with Crippen LogP contribution in [0.1, 0.15) is 36.6 Å². The van der Waals surface area contributed by atoms with Crippen LogP contribution in [0.4, 0.5) is 0 Å². The van der Waals surface area contributed by atoms with Crippen LogP contribution in [-0.4, -0.2) is 37.5 Å². The summed E-state index contributed by atoms with van der Waals surface area (Å²) in [6.45, 7) is 8.41. The van der Waals surface area contributed by atoms with Gasteiger partial charge >= 0.3 is 5.97 Å². The lowest BCUT2D eigenvalue weighted by Crippen LogP contribution is -2.40. The fraction of sp³-hybridized carbons (Fsp3) is 0.206. The van der Waals surface area contributed by atoms with Gasteiger partial charge in [0, 0.05) is 5.56 Å². The van der Waals surface area contributed by atoms with Gasteiger partial charge in [-0.1, -0.05) is 66.5 Å².